The van der Waals surface area contributed by atoms with Gasteiger partial charge >= 0.3 is 5.97 Å². The quantitative estimate of drug-likeness (QED) is 0.780. The molecule has 0 aromatic heterocycles. The van der Waals surface area contributed by atoms with Crippen LogP contribution in [0.3, 0.4) is 0 Å². The summed E-state index contributed by atoms with van der Waals surface area (Å²) in [6.07, 6.45) is 0. The lowest BCUT2D eigenvalue weighted by molar-refractivity contribution is 0.0697. The third-order valence-corrected chi connectivity index (χ3v) is 3.39. The largest absolute Gasteiger partial charge is 0.493 e. The molecule has 0 spiro atoms. The van der Waals surface area contributed by atoms with E-state index >= 15 is 0 Å². The second-order valence-electron chi connectivity index (χ2n) is 5.92. The van der Waals surface area contributed by atoms with Gasteiger partial charge in [0.25, 0.3) is 0 Å². The third kappa shape index (κ3) is 5.42. The van der Waals surface area contributed by atoms with E-state index < -0.39 is 5.97 Å². The van der Waals surface area contributed by atoms with Crippen molar-refractivity contribution >= 4 is 5.97 Å². The monoisotopic (exact) mass is 313 g/mol. The Kier molecular flexibility index (Phi) is 6.18. The number of carboxylic acids is 1. The van der Waals surface area contributed by atoms with Crippen molar-refractivity contribution in [3.63, 3.8) is 0 Å². The van der Waals surface area contributed by atoms with Gasteiger partial charge in [-0.1, -0.05) is 44.2 Å². The van der Waals surface area contributed by atoms with Crippen LogP contribution in [0, 0.1) is 5.92 Å². The number of rotatable bonds is 8. The summed E-state index contributed by atoms with van der Waals surface area (Å²) in [6.45, 7) is 6.34. The van der Waals surface area contributed by atoms with E-state index in [2.05, 4.69) is 25.2 Å². The van der Waals surface area contributed by atoms with Gasteiger partial charge in [-0.25, -0.2) is 4.79 Å². The molecule has 23 heavy (non-hydrogen) atoms. The van der Waals surface area contributed by atoms with Crippen LogP contribution in [0.2, 0.25) is 0 Å². The van der Waals surface area contributed by atoms with Crippen LogP contribution in [0.5, 0.6) is 5.75 Å². The highest BCUT2D eigenvalue weighted by Gasteiger charge is 2.05. The number of hydrogen-bond acceptors (Lipinski definition) is 3. The molecule has 0 saturated heterocycles. The van der Waals surface area contributed by atoms with Gasteiger partial charge in [0.2, 0.25) is 0 Å². The van der Waals surface area contributed by atoms with E-state index in [9.17, 15) is 4.79 Å². The lowest BCUT2D eigenvalue weighted by Gasteiger charge is -2.13. The summed E-state index contributed by atoms with van der Waals surface area (Å²) in [7, 11) is 0. The second kappa shape index (κ2) is 8.34. The molecule has 0 unspecified atom stereocenters. The Morgan fingerprint density at radius 2 is 1.78 bits per heavy atom. The van der Waals surface area contributed by atoms with Crippen LogP contribution in [0.15, 0.2) is 48.5 Å². The molecule has 4 heteroatoms. The van der Waals surface area contributed by atoms with Crippen LogP contribution in [0.1, 0.15) is 35.3 Å². The molecule has 0 atom stereocenters. The molecule has 0 aliphatic heterocycles. The molecule has 0 radical (unpaired) electrons. The molecule has 0 bridgehead atoms. The standard InChI is InChI=1S/C19H23NO3/c1-14(2)13-23-18-6-4-3-5-17(18)12-20-11-15-7-9-16(10-8-15)19(21)22/h3-10,14,20H,11-13H2,1-2H3,(H,21,22). The highest BCUT2D eigenvalue weighted by atomic mass is 16.5. The number of benzene rings is 2. The van der Waals surface area contributed by atoms with E-state index in [1.165, 1.54) is 0 Å². The normalized spacial score (nSPS) is 10.7. The zero-order valence-corrected chi connectivity index (χ0v) is 13.6. The van der Waals surface area contributed by atoms with Gasteiger partial charge in [0.15, 0.2) is 0 Å². The van der Waals surface area contributed by atoms with Crippen molar-refractivity contribution < 1.29 is 14.6 Å². The van der Waals surface area contributed by atoms with Crippen molar-refractivity contribution in [3.8, 4) is 5.75 Å². The van der Waals surface area contributed by atoms with Crippen LogP contribution in [0.25, 0.3) is 0 Å². The average molecular weight is 313 g/mol. The summed E-state index contributed by atoms with van der Waals surface area (Å²) < 4.78 is 5.84. The second-order valence-corrected chi connectivity index (χ2v) is 5.92. The Morgan fingerprint density at radius 3 is 2.43 bits per heavy atom. The maximum Gasteiger partial charge on any atom is 0.335 e. The maximum atomic E-state index is 10.8. The van der Waals surface area contributed by atoms with Crippen LogP contribution < -0.4 is 10.1 Å². The van der Waals surface area contributed by atoms with E-state index in [1.807, 2.05) is 30.3 Å². The number of carbonyl (C=O) groups is 1. The number of nitrogens with one attached hydrogen (secondary N) is 1. The maximum absolute atomic E-state index is 10.8. The van der Waals surface area contributed by atoms with Gasteiger partial charge in [0.1, 0.15) is 5.75 Å². The molecule has 2 N–H and O–H groups in total. The highest BCUT2D eigenvalue weighted by molar-refractivity contribution is 5.87. The van der Waals surface area contributed by atoms with Crippen LogP contribution in [-0.4, -0.2) is 17.7 Å². The van der Waals surface area contributed by atoms with E-state index in [-0.39, 0.29) is 0 Å². The predicted molar refractivity (Wildman–Crippen MR) is 90.7 cm³/mol. The zero-order valence-electron chi connectivity index (χ0n) is 13.6. The Bertz CT molecular complexity index is 635. The fraction of sp³-hybridized carbons (Fsp3) is 0.316. The first-order valence-corrected chi connectivity index (χ1v) is 7.80. The number of aromatic carboxylic acids is 1. The molecule has 0 aliphatic carbocycles. The topological polar surface area (TPSA) is 58.6 Å². The molecule has 0 heterocycles. The SMILES string of the molecule is CC(C)COc1ccccc1CNCc1ccc(C(=O)O)cc1. The lowest BCUT2D eigenvalue weighted by atomic mass is 10.1. The van der Waals surface area contributed by atoms with E-state index in [0.717, 1.165) is 16.9 Å². The molecular weight excluding hydrogens is 290 g/mol. The molecule has 0 aliphatic rings. The molecule has 0 amide bonds. The fourth-order valence-electron chi connectivity index (χ4n) is 2.15. The lowest BCUT2D eigenvalue weighted by Crippen LogP contribution is -2.14. The number of hydrogen-bond donors (Lipinski definition) is 2. The molecule has 2 rings (SSSR count). The summed E-state index contributed by atoms with van der Waals surface area (Å²) in [5, 5.41) is 12.3. The number of para-hydroxylation sites is 1. The summed E-state index contributed by atoms with van der Waals surface area (Å²) in [6, 6.07) is 14.9. The average Bonchev–Trinajstić information content (AvgIpc) is 2.54. The number of ether oxygens (including phenoxy) is 1. The van der Waals surface area contributed by atoms with Gasteiger partial charge in [-0.15, -0.1) is 0 Å². The zero-order chi connectivity index (χ0) is 16.7. The van der Waals surface area contributed by atoms with Crippen molar-refractivity contribution in [3.05, 3.63) is 65.2 Å². The Morgan fingerprint density at radius 1 is 1.09 bits per heavy atom. The first kappa shape index (κ1) is 17.0. The summed E-state index contributed by atoms with van der Waals surface area (Å²) in [5.41, 5.74) is 2.48. The van der Waals surface area contributed by atoms with Crippen LogP contribution in [0.4, 0.5) is 0 Å². The van der Waals surface area contributed by atoms with Crippen molar-refractivity contribution in [2.24, 2.45) is 5.92 Å². The summed E-state index contributed by atoms with van der Waals surface area (Å²) in [5.74, 6) is 0.499. The van der Waals surface area contributed by atoms with Gasteiger partial charge in [-0.2, -0.15) is 0 Å². The molecule has 2 aromatic rings. The van der Waals surface area contributed by atoms with Crippen LogP contribution in [-0.2, 0) is 13.1 Å². The van der Waals surface area contributed by atoms with Gasteiger partial charge in [0, 0.05) is 18.7 Å². The third-order valence-electron chi connectivity index (χ3n) is 3.39. The Balaban J connectivity index is 1.89. The molecular formula is C19H23NO3. The predicted octanol–water partition coefficient (Wildman–Crippen LogP) is 3.71. The Hall–Kier alpha value is -2.33. The fourth-order valence-corrected chi connectivity index (χ4v) is 2.15. The van der Waals surface area contributed by atoms with Crippen molar-refractivity contribution in [2.75, 3.05) is 6.61 Å². The van der Waals surface area contributed by atoms with Crippen molar-refractivity contribution in [1.29, 1.82) is 0 Å². The van der Waals surface area contributed by atoms with Crippen LogP contribution >= 0.6 is 0 Å². The smallest absolute Gasteiger partial charge is 0.335 e. The molecule has 0 saturated carbocycles. The van der Waals surface area contributed by atoms with Gasteiger partial charge in [-0.05, 0) is 29.7 Å². The first-order valence-electron chi connectivity index (χ1n) is 7.80. The van der Waals surface area contributed by atoms with Gasteiger partial charge in [-0.3, -0.25) is 0 Å². The summed E-state index contributed by atoms with van der Waals surface area (Å²) in [4.78, 5) is 10.8. The first-order chi connectivity index (χ1) is 11.1. The van der Waals surface area contributed by atoms with E-state index in [4.69, 9.17) is 9.84 Å². The summed E-state index contributed by atoms with van der Waals surface area (Å²) >= 11 is 0. The van der Waals surface area contributed by atoms with Gasteiger partial charge in [0.05, 0.1) is 12.2 Å². The molecule has 2 aromatic carbocycles. The molecule has 122 valence electrons. The van der Waals surface area contributed by atoms with E-state index in [0.29, 0.717) is 31.2 Å². The minimum absolute atomic E-state index is 0.307. The van der Waals surface area contributed by atoms with E-state index in [1.54, 1.807) is 12.1 Å². The minimum Gasteiger partial charge on any atom is -0.493 e. The highest BCUT2D eigenvalue weighted by Crippen LogP contribution is 2.18. The molecule has 4 nitrogen and oxygen atoms in total. The number of carboxylic acid groups (broad SMARTS) is 1. The van der Waals surface area contributed by atoms with Crippen molar-refractivity contribution in [1.82, 2.24) is 5.32 Å². The van der Waals surface area contributed by atoms with Gasteiger partial charge < -0.3 is 15.2 Å². The van der Waals surface area contributed by atoms with Crippen molar-refractivity contribution in [2.45, 2.75) is 26.9 Å². The minimum atomic E-state index is -0.902. The molecule has 0 fully saturated rings. The Labute approximate surface area is 137 Å².